The summed E-state index contributed by atoms with van der Waals surface area (Å²) >= 11 is 1.75. The number of rotatable bonds is 9. The number of para-hydroxylation sites is 1. The van der Waals surface area contributed by atoms with E-state index in [4.69, 9.17) is 0 Å². The minimum absolute atomic E-state index is 0.347. The van der Waals surface area contributed by atoms with Crippen LogP contribution in [0.1, 0.15) is 18.9 Å². The first-order valence-corrected chi connectivity index (χ1v) is 12.8. The molecule has 0 fully saturated rings. The predicted molar refractivity (Wildman–Crippen MR) is 129 cm³/mol. The van der Waals surface area contributed by atoms with Crippen molar-refractivity contribution in [3.63, 3.8) is 0 Å². The largest absolute Gasteiger partial charge is 0.324 e. The average molecular weight is 455 g/mol. The molecule has 0 aromatic heterocycles. The molecule has 0 saturated carbocycles. The van der Waals surface area contributed by atoms with Gasteiger partial charge in [-0.1, -0.05) is 55.5 Å². The van der Waals surface area contributed by atoms with Crippen LogP contribution in [0.3, 0.4) is 0 Å². The van der Waals surface area contributed by atoms with Crippen LogP contribution in [0.25, 0.3) is 0 Å². The molecule has 0 radical (unpaired) electrons. The Hall–Kier alpha value is -2.77. The lowest BCUT2D eigenvalue weighted by atomic mass is 10.1. The molecule has 7 heteroatoms. The van der Waals surface area contributed by atoms with Gasteiger partial charge in [0.25, 0.3) is 0 Å². The van der Waals surface area contributed by atoms with Gasteiger partial charge >= 0.3 is 0 Å². The van der Waals surface area contributed by atoms with E-state index in [0.717, 1.165) is 17.6 Å². The summed E-state index contributed by atoms with van der Waals surface area (Å²) in [6, 6.07) is 25.7. The minimum atomic E-state index is -3.64. The molecule has 0 unspecified atom stereocenters. The number of benzene rings is 3. The minimum Gasteiger partial charge on any atom is -0.324 e. The van der Waals surface area contributed by atoms with Gasteiger partial charge in [0.15, 0.2) is 0 Å². The Kier molecular flexibility index (Phi) is 7.76. The highest BCUT2D eigenvalue weighted by Gasteiger charge is 2.31. The number of carbonyl (C=O) groups is 1. The summed E-state index contributed by atoms with van der Waals surface area (Å²) < 4.78 is 26.1. The van der Waals surface area contributed by atoms with E-state index in [0.29, 0.717) is 17.8 Å². The predicted octanol–water partition coefficient (Wildman–Crippen LogP) is 5.16. The number of nitrogens with one attached hydrogen (secondary N) is 1. The van der Waals surface area contributed by atoms with Gasteiger partial charge in [-0.15, -0.1) is 11.8 Å². The van der Waals surface area contributed by atoms with Crippen molar-refractivity contribution in [2.24, 2.45) is 0 Å². The molecule has 5 nitrogen and oxygen atoms in total. The van der Waals surface area contributed by atoms with Crippen LogP contribution in [0.15, 0.2) is 89.8 Å². The number of carbonyl (C=O) groups excluding carboxylic acids is 1. The van der Waals surface area contributed by atoms with E-state index in [1.54, 1.807) is 43.0 Å². The first kappa shape index (κ1) is 22.9. The summed E-state index contributed by atoms with van der Waals surface area (Å²) in [5.74, 6) is 0.467. The van der Waals surface area contributed by atoms with Gasteiger partial charge < -0.3 is 5.32 Å². The Morgan fingerprint density at radius 1 is 0.935 bits per heavy atom. The van der Waals surface area contributed by atoms with Crippen LogP contribution in [-0.2, 0) is 20.6 Å². The molecule has 0 saturated heterocycles. The monoisotopic (exact) mass is 454 g/mol. The maximum atomic E-state index is 13.0. The summed E-state index contributed by atoms with van der Waals surface area (Å²) in [6.07, 6.45) is 1.47. The van der Waals surface area contributed by atoms with Gasteiger partial charge in [0.05, 0.1) is 11.9 Å². The highest BCUT2D eigenvalue weighted by molar-refractivity contribution is 7.98. The summed E-state index contributed by atoms with van der Waals surface area (Å²) in [5.41, 5.74) is 2.25. The molecule has 0 aliphatic heterocycles. The standard InChI is InChI=1S/C24H26N2O3S2/c1-3-23(26(31(2,28)29)21-10-6-4-7-11-21)24(27)25-20-16-14-19(15-17-20)18-30-22-12-8-5-9-13-22/h4-17,23H,3,18H2,1-2H3,(H,25,27)/t23-/m0/s1. The van der Waals surface area contributed by atoms with Crippen molar-refractivity contribution in [2.75, 3.05) is 15.9 Å². The highest BCUT2D eigenvalue weighted by Crippen LogP contribution is 2.25. The maximum Gasteiger partial charge on any atom is 0.248 e. The molecule has 3 rings (SSSR count). The summed E-state index contributed by atoms with van der Waals surface area (Å²) in [7, 11) is -3.64. The van der Waals surface area contributed by atoms with Crippen molar-refractivity contribution >= 4 is 39.1 Å². The van der Waals surface area contributed by atoms with Crippen LogP contribution in [-0.4, -0.2) is 26.6 Å². The number of sulfonamides is 1. The second-order valence-electron chi connectivity index (χ2n) is 7.11. The Balaban J connectivity index is 1.69. The lowest BCUT2D eigenvalue weighted by Gasteiger charge is -2.30. The smallest absolute Gasteiger partial charge is 0.248 e. The molecule has 0 aliphatic rings. The molecule has 0 heterocycles. The van der Waals surface area contributed by atoms with Crippen molar-refractivity contribution in [1.82, 2.24) is 0 Å². The van der Waals surface area contributed by atoms with Gasteiger partial charge in [-0.05, 0) is 48.4 Å². The molecule has 0 spiro atoms. The highest BCUT2D eigenvalue weighted by atomic mass is 32.2. The first-order valence-electron chi connectivity index (χ1n) is 10.0. The molecule has 3 aromatic rings. The van der Waals surface area contributed by atoms with Gasteiger partial charge in [-0.25, -0.2) is 8.42 Å². The molecule has 0 bridgehead atoms. The Bertz CT molecular complexity index is 1090. The van der Waals surface area contributed by atoms with Gasteiger partial charge in [0.2, 0.25) is 15.9 Å². The van der Waals surface area contributed by atoms with E-state index in [9.17, 15) is 13.2 Å². The van der Waals surface area contributed by atoms with E-state index >= 15 is 0 Å². The molecule has 3 aromatic carbocycles. The fraction of sp³-hybridized carbons (Fsp3) is 0.208. The number of hydrogen-bond acceptors (Lipinski definition) is 4. The van der Waals surface area contributed by atoms with Crippen molar-refractivity contribution < 1.29 is 13.2 Å². The Labute approximate surface area is 188 Å². The molecule has 1 amide bonds. The third-order valence-corrected chi connectivity index (χ3v) is 6.97. The van der Waals surface area contributed by atoms with Crippen LogP contribution in [0.5, 0.6) is 0 Å². The average Bonchev–Trinajstić information content (AvgIpc) is 2.77. The fourth-order valence-corrected chi connectivity index (χ4v) is 5.32. The van der Waals surface area contributed by atoms with E-state index in [1.165, 1.54) is 9.20 Å². The molecule has 1 atom stereocenters. The second-order valence-corrected chi connectivity index (χ2v) is 10.0. The quantitative estimate of drug-likeness (QED) is 0.454. The number of amides is 1. The Morgan fingerprint density at radius 3 is 2.06 bits per heavy atom. The van der Waals surface area contributed by atoms with Gasteiger partial charge in [-0.3, -0.25) is 9.10 Å². The van der Waals surface area contributed by atoms with Crippen LogP contribution < -0.4 is 9.62 Å². The van der Waals surface area contributed by atoms with Crippen LogP contribution in [0, 0.1) is 0 Å². The second kappa shape index (κ2) is 10.5. The normalized spacial score (nSPS) is 12.2. The molecule has 0 aliphatic carbocycles. The number of thioether (sulfide) groups is 1. The van der Waals surface area contributed by atoms with Gasteiger partial charge in [0.1, 0.15) is 6.04 Å². The number of hydrogen-bond donors (Lipinski definition) is 1. The van der Waals surface area contributed by atoms with E-state index in [2.05, 4.69) is 17.4 Å². The van der Waals surface area contributed by atoms with Crippen LogP contribution >= 0.6 is 11.8 Å². The van der Waals surface area contributed by atoms with Crippen LogP contribution in [0.4, 0.5) is 11.4 Å². The lowest BCUT2D eigenvalue weighted by Crippen LogP contribution is -2.46. The lowest BCUT2D eigenvalue weighted by molar-refractivity contribution is -0.117. The number of nitrogens with zero attached hydrogens (tertiary/aromatic N) is 1. The summed E-state index contributed by atoms with van der Waals surface area (Å²) in [6.45, 7) is 1.80. The molecular weight excluding hydrogens is 428 g/mol. The van der Waals surface area contributed by atoms with Crippen molar-refractivity contribution in [3.05, 3.63) is 90.5 Å². The Morgan fingerprint density at radius 2 is 1.52 bits per heavy atom. The zero-order valence-corrected chi connectivity index (χ0v) is 19.2. The van der Waals surface area contributed by atoms with Gasteiger partial charge in [-0.2, -0.15) is 0 Å². The van der Waals surface area contributed by atoms with Crippen molar-refractivity contribution in [2.45, 2.75) is 30.0 Å². The topological polar surface area (TPSA) is 66.5 Å². The molecule has 162 valence electrons. The third-order valence-electron chi connectivity index (χ3n) is 4.71. The number of anilines is 2. The van der Waals surface area contributed by atoms with E-state index < -0.39 is 16.1 Å². The SMILES string of the molecule is CC[C@@H](C(=O)Nc1ccc(CSc2ccccc2)cc1)N(c1ccccc1)S(C)(=O)=O. The van der Waals surface area contributed by atoms with Crippen LogP contribution in [0.2, 0.25) is 0 Å². The zero-order chi connectivity index (χ0) is 22.3. The molecule has 1 N–H and O–H groups in total. The summed E-state index contributed by atoms with van der Waals surface area (Å²) in [5, 5.41) is 2.86. The van der Waals surface area contributed by atoms with Gasteiger partial charge in [0, 0.05) is 16.3 Å². The van der Waals surface area contributed by atoms with E-state index in [1.807, 2.05) is 48.5 Å². The van der Waals surface area contributed by atoms with Crippen molar-refractivity contribution in [1.29, 1.82) is 0 Å². The molecular formula is C24H26N2O3S2. The van der Waals surface area contributed by atoms with E-state index in [-0.39, 0.29) is 5.91 Å². The molecule has 31 heavy (non-hydrogen) atoms. The fourth-order valence-electron chi connectivity index (χ4n) is 3.23. The first-order chi connectivity index (χ1) is 14.9. The van der Waals surface area contributed by atoms with Crippen molar-refractivity contribution in [3.8, 4) is 0 Å². The zero-order valence-electron chi connectivity index (χ0n) is 17.6. The maximum absolute atomic E-state index is 13.0. The third kappa shape index (κ3) is 6.35. The summed E-state index contributed by atoms with van der Waals surface area (Å²) in [4.78, 5) is 14.2.